The van der Waals surface area contributed by atoms with Crippen molar-refractivity contribution in [3.05, 3.63) is 78.1 Å². The molecule has 4 rings (SSSR count). The Hall–Kier alpha value is -3.34. The van der Waals surface area contributed by atoms with E-state index in [4.69, 9.17) is 14.2 Å². The molecule has 0 unspecified atom stereocenters. The first-order chi connectivity index (χ1) is 17.6. The second-order valence-corrected chi connectivity index (χ2v) is 9.48. The molecule has 1 aliphatic rings. The van der Waals surface area contributed by atoms with Gasteiger partial charge in [-0.3, -0.25) is 0 Å². The first-order valence-corrected chi connectivity index (χ1v) is 13.1. The fraction of sp³-hybridized carbons (Fsp3) is 0.387. The average molecular weight is 491 g/mol. The highest BCUT2D eigenvalue weighted by Crippen LogP contribution is 2.39. The lowest BCUT2D eigenvalue weighted by molar-refractivity contribution is 0.152. The van der Waals surface area contributed by atoms with Crippen LogP contribution in [0, 0.1) is 11.7 Å². The number of benzene rings is 3. The summed E-state index contributed by atoms with van der Waals surface area (Å²) in [6.45, 7) is 4.71. The van der Waals surface area contributed by atoms with Crippen LogP contribution in [0.1, 0.15) is 70.3 Å². The number of hydrogen-bond acceptors (Lipinski definition) is 4. The number of unbranched alkanes of at least 4 members (excludes halogenated alkanes) is 1. The standard InChI is InChI=1S/C31H35FO4/c1-3-5-6-22-7-9-23(10-8-22)25-13-20-29(30(32)21-25)24-11-14-27(15-12-24)35-31(33)36-28-18-16-26(17-19-28)34-4-2/h11-23H,3-10H2,1-2H3/t22-,23-. The summed E-state index contributed by atoms with van der Waals surface area (Å²) in [4.78, 5) is 12.1. The molecule has 4 nitrogen and oxygen atoms in total. The Balaban J connectivity index is 1.33. The monoisotopic (exact) mass is 490 g/mol. The lowest BCUT2D eigenvalue weighted by atomic mass is 9.77. The fourth-order valence-corrected chi connectivity index (χ4v) is 4.98. The molecular weight excluding hydrogens is 455 g/mol. The fourth-order valence-electron chi connectivity index (χ4n) is 4.98. The van der Waals surface area contributed by atoms with Crippen molar-refractivity contribution in [1.82, 2.24) is 0 Å². The van der Waals surface area contributed by atoms with E-state index in [1.54, 1.807) is 54.6 Å². The normalized spacial score (nSPS) is 17.4. The minimum absolute atomic E-state index is 0.218. The van der Waals surface area contributed by atoms with E-state index in [1.807, 2.05) is 13.0 Å². The van der Waals surface area contributed by atoms with Gasteiger partial charge in [0.25, 0.3) is 0 Å². The number of ether oxygens (including phenoxy) is 3. The molecule has 190 valence electrons. The Morgan fingerprint density at radius 3 is 2.03 bits per heavy atom. The van der Waals surface area contributed by atoms with Crippen LogP contribution in [0.5, 0.6) is 17.2 Å². The SMILES string of the molecule is CCCC[C@H]1CC[C@H](c2ccc(-c3ccc(OC(=O)Oc4ccc(OCC)cc4)cc3)c(F)c2)CC1. The molecule has 0 atom stereocenters. The van der Waals surface area contributed by atoms with Gasteiger partial charge in [0.1, 0.15) is 23.1 Å². The largest absolute Gasteiger partial charge is 0.519 e. The molecule has 3 aromatic carbocycles. The maximum Gasteiger partial charge on any atom is 0.519 e. The summed E-state index contributed by atoms with van der Waals surface area (Å²) < 4.78 is 30.9. The summed E-state index contributed by atoms with van der Waals surface area (Å²) in [7, 11) is 0. The van der Waals surface area contributed by atoms with Gasteiger partial charge in [-0.1, -0.05) is 50.5 Å². The van der Waals surface area contributed by atoms with Crippen molar-refractivity contribution >= 4 is 6.16 Å². The Bertz CT molecular complexity index is 1120. The molecule has 0 radical (unpaired) electrons. The molecule has 0 spiro atoms. The van der Waals surface area contributed by atoms with Crippen molar-refractivity contribution in [1.29, 1.82) is 0 Å². The molecule has 0 saturated heterocycles. The van der Waals surface area contributed by atoms with E-state index in [1.165, 1.54) is 32.1 Å². The number of rotatable bonds is 9. The smallest absolute Gasteiger partial charge is 0.494 e. The molecule has 0 amide bonds. The first kappa shape index (κ1) is 25.7. The zero-order chi connectivity index (χ0) is 25.3. The lowest BCUT2D eigenvalue weighted by Gasteiger charge is -2.29. The first-order valence-electron chi connectivity index (χ1n) is 13.1. The lowest BCUT2D eigenvalue weighted by Crippen LogP contribution is -2.13. The van der Waals surface area contributed by atoms with Crippen LogP contribution in [0.15, 0.2) is 66.7 Å². The van der Waals surface area contributed by atoms with Crippen LogP contribution in [0.3, 0.4) is 0 Å². The predicted octanol–water partition coefficient (Wildman–Crippen LogP) is 8.93. The summed E-state index contributed by atoms with van der Waals surface area (Å²) in [5, 5.41) is 0. The molecule has 1 fully saturated rings. The van der Waals surface area contributed by atoms with Gasteiger partial charge in [-0.2, -0.15) is 0 Å². The molecule has 1 aliphatic carbocycles. The maximum absolute atomic E-state index is 15.0. The third-order valence-electron chi connectivity index (χ3n) is 6.98. The minimum atomic E-state index is -0.841. The van der Waals surface area contributed by atoms with Gasteiger partial charge >= 0.3 is 6.16 Å². The van der Waals surface area contributed by atoms with Gasteiger partial charge in [0.15, 0.2) is 0 Å². The highest BCUT2D eigenvalue weighted by Gasteiger charge is 2.23. The van der Waals surface area contributed by atoms with Crippen LogP contribution in [-0.2, 0) is 0 Å². The van der Waals surface area contributed by atoms with Crippen LogP contribution in [0.2, 0.25) is 0 Å². The van der Waals surface area contributed by atoms with Crippen LogP contribution >= 0.6 is 0 Å². The van der Waals surface area contributed by atoms with Gasteiger partial charge in [-0.05, 0) is 98.0 Å². The molecule has 0 aliphatic heterocycles. The summed E-state index contributed by atoms with van der Waals surface area (Å²) in [5.74, 6) is 2.45. The molecule has 0 aromatic heterocycles. The van der Waals surface area contributed by atoms with E-state index in [2.05, 4.69) is 13.0 Å². The Morgan fingerprint density at radius 2 is 1.44 bits per heavy atom. The third-order valence-corrected chi connectivity index (χ3v) is 6.98. The maximum atomic E-state index is 15.0. The third kappa shape index (κ3) is 6.87. The van der Waals surface area contributed by atoms with Crippen molar-refractivity contribution in [2.24, 2.45) is 5.92 Å². The second kappa shape index (κ2) is 12.6. The van der Waals surface area contributed by atoms with Gasteiger partial charge in [0, 0.05) is 5.56 Å². The number of halogens is 1. The predicted molar refractivity (Wildman–Crippen MR) is 140 cm³/mol. The summed E-state index contributed by atoms with van der Waals surface area (Å²) in [6, 6.07) is 19.1. The molecule has 3 aromatic rings. The molecule has 0 heterocycles. The van der Waals surface area contributed by atoms with Crippen molar-refractivity contribution in [2.75, 3.05) is 6.61 Å². The highest BCUT2D eigenvalue weighted by molar-refractivity contribution is 5.69. The molecule has 36 heavy (non-hydrogen) atoms. The topological polar surface area (TPSA) is 44.8 Å². The van der Waals surface area contributed by atoms with Gasteiger partial charge in [-0.15, -0.1) is 0 Å². The minimum Gasteiger partial charge on any atom is -0.494 e. The van der Waals surface area contributed by atoms with E-state index in [-0.39, 0.29) is 5.82 Å². The van der Waals surface area contributed by atoms with E-state index < -0.39 is 6.16 Å². The average Bonchev–Trinajstić information content (AvgIpc) is 2.89. The summed E-state index contributed by atoms with van der Waals surface area (Å²) >= 11 is 0. The molecule has 5 heteroatoms. The van der Waals surface area contributed by atoms with Gasteiger partial charge in [0.2, 0.25) is 0 Å². The molecule has 0 N–H and O–H groups in total. The van der Waals surface area contributed by atoms with Crippen LogP contribution in [0.25, 0.3) is 11.1 Å². The van der Waals surface area contributed by atoms with E-state index in [0.717, 1.165) is 29.9 Å². The van der Waals surface area contributed by atoms with Crippen LogP contribution < -0.4 is 14.2 Å². The highest BCUT2D eigenvalue weighted by atomic mass is 19.1. The Kier molecular flexibility index (Phi) is 8.99. The molecule has 0 bridgehead atoms. The van der Waals surface area contributed by atoms with Gasteiger partial charge in [-0.25, -0.2) is 9.18 Å². The number of carbonyl (C=O) groups excluding carboxylic acids is 1. The Labute approximate surface area is 213 Å². The molecular formula is C31H35FO4. The van der Waals surface area contributed by atoms with Crippen molar-refractivity contribution in [3.8, 4) is 28.4 Å². The Morgan fingerprint density at radius 1 is 0.833 bits per heavy atom. The van der Waals surface area contributed by atoms with Gasteiger partial charge in [0.05, 0.1) is 6.61 Å². The van der Waals surface area contributed by atoms with Crippen LogP contribution in [-0.4, -0.2) is 12.8 Å². The second-order valence-electron chi connectivity index (χ2n) is 9.48. The van der Waals surface area contributed by atoms with Crippen molar-refractivity contribution < 1.29 is 23.4 Å². The number of hydrogen-bond donors (Lipinski definition) is 0. The van der Waals surface area contributed by atoms with Crippen LogP contribution in [0.4, 0.5) is 9.18 Å². The summed E-state index contributed by atoms with van der Waals surface area (Å²) in [6.07, 6.45) is 7.84. The van der Waals surface area contributed by atoms with Crippen molar-refractivity contribution in [2.45, 2.75) is 64.7 Å². The molecule has 1 saturated carbocycles. The van der Waals surface area contributed by atoms with Gasteiger partial charge < -0.3 is 14.2 Å². The zero-order valence-corrected chi connectivity index (χ0v) is 21.2. The zero-order valence-electron chi connectivity index (χ0n) is 21.2. The summed E-state index contributed by atoms with van der Waals surface area (Å²) in [5.41, 5.74) is 2.37. The van der Waals surface area contributed by atoms with Crippen molar-refractivity contribution in [3.63, 3.8) is 0 Å². The van der Waals surface area contributed by atoms with E-state index in [9.17, 15) is 4.79 Å². The van der Waals surface area contributed by atoms with E-state index >= 15 is 4.39 Å². The quantitative estimate of drug-likeness (QED) is 0.222. The van der Waals surface area contributed by atoms with E-state index in [0.29, 0.717) is 35.3 Å². The number of carbonyl (C=O) groups is 1.